The van der Waals surface area contributed by atoms with E-state index >= 15 is 0 Å². The van der Waals surface area contributed by atoms with Gasteiger partial charge in [-0.2, -0.15) is 0 Å². The van der Waals surface area contributed by atoms with Crippen molar-refractivity contribution in [2.45, 2.75) is 19.3 Å². The van der Waals surface area contributed by atoms with Crippen LogP contribution in [0.5, 0.6) is 0 Å². The van der Waals surface area contributed by atoms with Gasteiger partial charge in [0.2, 0.25) is 0 Å². The molecule has 0 spiro atoms. The van der Waals surface area contributed by atoms with E-state index in [0.717, 1.165) is 60.5 Å². The van der Waals surface area contributed by atoms with Crippen molar-refractivity contribution in [3.05, 3.63) is 254 Å². The molecule has 0 unspecified atom stereocenters. The van der Waals surface area contributed by atoms with Gasteiger partial charge in [0.05, 0.1) is 31.8 Å². The fourth-order valence-corrected chi connectivity index (χ4v) is 12.2. The first kappa shape index (κ1) is 42.7. The number of hydrogen-bond acceptors (Lipinski definition) is 6. The summed E-state index contributed by atoms with van der Waals surface area (Å²) in [5.41, 5.74) is 20.6. The monoisotopic (exact) mass is 946 g/mol. The number of benzene rings is 10. The standard InChI is InChI=1S/C65H46N4S2/c1-65(2)55-17-6-9-20-59(55)69(60-40-33-50(42-56(60)65)64-67-58-19-8-11-22-62(58)71-64)53-36-29-47(30-37-53)45-25-23-44(24-26-45)46-27-34-51(35-28-46)68(54-16-12-15-49(41-54)43-13-4-3-5-14-43)52-38-31-48(32-39-52)63-66-57-18-7-10-21-61(57)70-63/h3-42H,1-2H3. The molecule has 71 heavy (non-hydrogen) atoms. The highest BCUT2D eigenvalue weighted by molar-refractivity contribution is 7.22. The minimum absolute atomic E-state index is 0.198. The van der Waals surface area contributed by atoms with E-state index in [9.17, 15) is 0 Å². The Hall–Kier alpha value is -8.42. The number of aromatic nitrogens is 2. The summed E-state index contributed by atoms with van der Waals surface area (Å²) in [7, 11) is 0. The molecule has 0 saturated heterocycles. The van der Waals surface area contributed by atoms with Crippen molar-refractivity contribution < 1.29 is 0 Å². The van der Waals surface area contributed by atoms with Crippen LogP contribution in [0.15, 0.2) is 243 Å². The van der Waals surface area contributed by atoms with Crippen molar-refractivity contribution in [1.29, 1.82) is 0 Å². The molecule has 10 aromatic carbocycles. The zero-order valence-electron chi connectivity index (χ0n) is 39.2. The topological polar surface area (TPSA) is 32.3 Å². The SMILES string of the molecule is CC1(C)c2ccccc2N(c2ccc(-c3ccc(-c4ccc(N(c5ccc(-c6nc7ccccc7s6)cc5)c5cccc(-c6ccccc6)c5)cc4)cc3)cc2)c2ccc(-c3nc4ccccc4s3)cc21. The molecule has 13 rings (SSSR count). The molecule has 0 bridgehead atoms. The molecule has 12 aromatic rings. The Morgan fingerprint density at radius 2 is 0.817 bits per heavy atom. The van der Waals surface area contributed by atoms with Gasteiger partial charge in [0.1, 0.15) is 10.0 Å². The first-order chi connectivity index (χ1) is 34.9. The van der Waals surface area contributed by atoms with Crippen LogP contribution in [0.1, 0.15) is 25.0 Å². The lowest BCUT2D eigenvalue weighted by atomic mass is 9.73. The second kappa shape index (κ2) is 17.5. The number of anilines is 6. The summed E-state index contributed by atoms with van der Waals surface area (Å²) in [6.45, 7) is 4.69. The lowest BCUT2D eigenvalue weighted by Crippen LogP contribution is -2.30. The largest absolute Gasteiger partial charge is 0.310 e. The van der Waals surface area contributed by atoms with Crippen molar-refractivity contribution in [3.63, 3.8) is 0 Å². The van der Waals surface area contributed by atoms with Crippen molar-refractivity contribution in [2.24, 2.45) is 0 Å². The fraction of sp³-hybridized carbons (Fsp3) is 0.0462. The van der Waals surface area contributed by atoms with Gasteiger partial charge in [-0.1, -0.05) is 147 Å². The van der Waals surface area contributed by atoms with Crippen LogP contribution in [-0.4, -0.2) is 9.97 Å². The minimum atomic E-state index is -0.198. The van der Waals surface area contributed by atoms with Crippen LogP contribution < -0.4 is 9.80 Å². The van der Waals surface area contributed by atoms with Gasteiger partial charge in [-0.25, -0.2) is 9.97 Å². The highest BCUT2D eigenvalue weighted by Gasteiger charge is 2.37. The smallest absolute Gasteiger partial charge is 0.124 e. The van der Waals surface area contributed by atoms with Crippen LogP contribution in [0.4, 0.5) is 34.1 Å². The predicted octanol–water partition coefficient (Wildman–Crippen LogP) is 18.8. The highest BCUT2D eigenvalue weighted by Crippen LogP contribution is 2.53. The highest BCUT2D eigenvalue weighted by atomic mass is 32.1. The van der Waals surface area contributed by atoms with E-state index in [1.54, 1.807) is 22.7 Å². The number of rotatable bonds is 9. The molecular formula is C65H46N4S2. The Bertz CT molecular complexity index is 3830. The van der Waals surface area contributed by atoms with Crippen molar-refractivity contribution >= 4 is 77.2 Å². The zero-order chi connectivity index (χ0) is 47.5. The first-order valence-electron chi connectivity index (χ1n) is 24.0. The van der Waals surface area contributed by atoms with Crippen LogP contribution in [0, 0.1) is 0 Å². The second-order valence-electron chi connectivity index (χ2n) is 18.7. The molecule has 0 saturated carbocycles. The van der Waals surface area contributed by atoms with Gasteiger partial charge < -0.3 is 9.80 Å². The quantitative estimate of drug-likeness (QED) is 0.144. The normalized spacial score (nSPS) is 12.7. The predicted molar refractivity (Wildman–Crippen MR) is 301 cm³/mol. The van der Waals surface area contributed by atoms with E-state index in [2.05, 4.69) is 260 Å². The number of hydrogen-bond donors (Lipinski definition) is 0. The number of para-hydroxylation sites is 3. The number of nitrogens with zero attached hydrogens (tertiary/aromatic N) is 4. The fourth-order valence-electron chi connectivity index (χ4n) is 10.2. The third-order valence-electron chi connectivity index (χ3n) is 14.0. The van der Waals surface area contributed by atoms with E-state index in [1.165, 1.54) is 59.7 Å². The molecule has 0 aliphatic carbocycles. The van der Waals surface area contributed by atoms with E-state index in [0.29, 0.717) is 0 Å². The molecule has 0 amide bonds. The van der Waals surface area contributed by atoms with Gasteiger partial charge in [0.25, 0.3) is 0 Å². The number of thiazole rings is 2. The third-order valence-corrected chi connectivity index (χ3v) is 16.1. The summed E-state index contributed by atoms with van der Waals surface area (Å²) < 4.78 is 2.40. The summed E-state index contributed by atoms with van der Waals surface area (Å²) in [5.74, 6) is 0. The molecule has 2 aromatic heterocycles. The Balaban J connectivity index is 0.783. The maximum atomic E-state index is 5.02. The molecule has 0 radical (unpaired) electrons. The van der Waals surface area contributed by atoms with E-state index < -0.39 is 0 Å². The lowest BCUT2D eigenvalue weighted by molar-refractivity contribution is 0.632. The summed E-state index contributed by atoms with van der Waals surface area (Å²) in [6.07, 6.45) is 0. The van der Waals surface area contributed by atoms with Gasteiger partial charge in [0.15, 0.2) is 0 Å². The molecule has 0 fully saturated rings. The van der Waals surface area contributed by atoms with Gasteiger partial charge in [-0.15, -0.1) is 22.7 Å². The second-order valence-corrected chi connectivity index (χ2v) is 20.7. The molecule has 1 aliphatic rings. The van der Waals surface area contributed by atoms with Crippen molar-refractivity contribution in [3.8, 4) is 54.5 Å². The van der Waals surface area contributed by atoms with Crippen molar-refractivity contribution in [2.75, 3.05) is 9.80 Å². The Morgan fingerprint density at radius 3 is 1.44 bits per heavy atom. The van der Waals surface area contributed by atoms with Crippen LogP contribution in [0.2, 0.25) is 0 Å². The van der Waals surface area contributed by atoms with Gasteiger partial charge >= 0.3 is 0 Å². The first-order valence-corrected chi connectivity index (χ1v) is 25.7. The van der Waals surface area contributed by atoms with Gasteiger partial charge in [-0.3, -0.25) is 0 Å². The van der Waals surface area contributed by atoms with Crippen molar-refractivity contribution in [1.82, 2.24) is 9.97 Å². The van der Waals surface area contributed by atoms with E-state index in [-0.39, 0.29) is 5.41 Å². The third kappa shape index (κ3) is 7.78. The Morgan fingerprint density at radius 1 is 0.352 bits per heavy atom. The van der Waals surface area contributed by atoms with E-state index in [1.807, 2.05) is 6.07 Å². The molecule has 0 N–H and O–H groups in total. The summed E-state index contributed by atoms with van der Waals surface area (Å²) in [6, 6.07) is 87.6. The summed E-state index contributed by atoms with van der Waals surface area (Å²) >= 11 is 3.48. The molecule has 1 aliphatic heterocycles. The molecule has 4 nitrogen and oxygen atoms in total. The molecule has 3 heterocycles. The van der Waals surface area contributed by atoms with Gasteiger partial charge in [-0.05, 0) is 154 Å². The minimum Gasteiger partial charge on any atom is -0.310 e. The summed E-state index contributed by atoms with van der Waals surface area (Å²) in [5, 5.41) is 2.08. The zero-order valence-corrected chi connectivity index (χ0v) is 40.8. The maximum absolute atomic E-state index is 5.02. The van der Waals surface area contributed by atoms with Crippen LogP contribution in [0.25, 0.3) is 75.0 Å². The van der Waals surface area contributed by atoms with Crippen LogP contribution in [0.3, 0.4) is 0 Å². The Labute approximate surface area is 422 Å². The van der Waals surface area contributed by atoms with Crippen LogP contribution >= 0.6 is 22.7 Å². The molecule has 338 valence electrons. The van der Waals surface area contributed by atoms with Crippen LogP contribution in [-0.2, 0) is 5.41 Å². The van der Waals surface area contributed by atoms with Gasteiger partial charge in [0, 0.05) is 39.3 Å². The average molecular weight is 947 g/mol. The Kier molecular flexibility index (Phi) is 10.5. The molecule has 6 heteroatoms. The lowest BCUT2D eigenvalue weighted by Gasteiger charge is -2.42. The molecule has 0 atom stereocenters. The van der Waals surface area contributed by atoms with E-state index in [4.69, 9.17) is 9.97 Å². The average Bonchev–Trinajstić information content (AvgIpc) is 4.08. The number of fused-ring (bicyclic) bond motifs is 4. The maximum Gasteiger partial charge on any atom is 0.124 e. The summed E-state index contributed by atoms with van der Waals surface area (Å²) in [4.78, 5) is 14.7. The molecular weight excluding hydrogens is 901 g/mol.